The van der Waals surface area contributed by atoms with Crippen LogP contribution in [0.15, 0.2) is 12.1 Å². The lowest BCUT2D eigenvalue weighted by molar-refractivity contribution is -0.227. The number of hydrogen-bond donors (Lipinski definition) is 1. The van der Waals surface area contributed by atoms with Crippen molar-refractivity contribution in [2.45, 2.75) is 91.9 Å². The molecule has 166 valence electrons. The Bertz CT molecular complexity index is 862. The van der Waals surface area contributed by atoms with E-state index >= 15 is 0 Å². The molecule has 1 aliphatic heterocycles. The number of benzene rings is 1. The van der Waals surface area contributed by atoms with Crippen LogP contribution in [0.4, 0.5) is 0 Å². The van der Waals surface area contributed by atoms with Crippen molar-refractivity contribution in [1.29, 1.82) is 0 Å². The molecule has 1 aromatic carbocycles. The molecule has 5 atom stereocenters. The summed E-state index contributed by atoms with van der Waals surface area (Å²) in [6.07, 6.45) is 4.62. The van der Waals surface area contributed by atoms with E-state index in [0.717, 1.165) is 48.1 Å². The molecule has 4 nitrogen and oxygen atoms in total. The molecule has 1 aromatic rings. The maximum atomic E-state index is 12.7. The van der Waals surface area contributed by atoms with Gasteiger partial charge in [0.1, 0.15) is 11.4 Å². The molecule has 3 aliphatic rings. The van der Waals surface area contributed by atoms with Crippen molar-refractivity contribution in [2.75, 3.05) is 7.05 Å². The number of rotatable bonds is 3. The number of aliphatic hydroxyl groups excluding tert-OH is 1. The zero-order valence-electron chi connectivity index (χ0n) is 19.8. The summed E-state index contributed by atoms with van der Waals surface area (Å²) in [5.74, 6) is 1.80. The van der Waals surface area contributed by atoms with Crippen molar-refractivity contribution in [1.82, 2.24) is 4.90 Å². The summed E-state index contributed by atoms with van der Waals surface area (Å²) in [5.41, 5.74) is 2.36. The summed E-state index contributed by atoms with van der Waals surface area (Å²) < 4.78 is 7.24. The van der Waals surface area contributed by atoms with Gasteiger partial charge in [0.25, 0.3) is 5.91 Å². The van der Waals surface area contributed by atoms with Gasteiger partial charge in [-0.1, -0.05) is 34.6 Å². The molecular weight excluding hydrogens is 374 g/mol. The maximum absolute atomic E-state index is 12.7. The van der Waals surface area contributed by atoms with Gasteiger partial charge in [-0.25, -0.2) is 0 Å². The molecule has 0 radical (unpaired) electrons. The van der Waals surface area contributed by atoms with Crippen LogP contribution in [0.5, 0.6) is 5.75 Å². The van der Waals surface area contributed by atoms with Crippen molar-refractivity contribution >= 4 is 5.91 Å². The number of carbonyl (C=O) groups is 1. The third-order valence-electron chi connectivity index (χ3n) is 9.40. The molecule has 4 rings (SSSR count). The SMILES string of the molecule is CCC1(C)C(C)CCC2C(C)(C)C(O)CCC21Oc1cc(C)cc2c1CN(C)C2=O. The van der Waals surface area contributed by atoms with Crippen LogP contribution in [-0.4, -0.2) is 34.7 Å². The van der Waals surface area contributed by atoms with Gasteiger partial charge in [-0.15, -0.1) is 0 Å². The summed E-state index contributed by atoms with van der Waals surface area (Å²) in [6.45, 7) is 14.2. The third-order valence-corrected chi connectivity index (χ3v) is 9.40. The second kappa shape index (κ2) is 6.98. The Morgan fingerprint density at radius 2 is 1.90 bits per heavy atom. The van der Waals surface area contributed by atoms with E-state index in [9.17, 15) is 9.90 Å². The topological polar surface area (TPSA) is 49.8 Å². The third kappa shape index (κ3) is 2.78. The Balaban J connectivity index is 1.88. The van der Waals surface area contributed by atoms with Gasteiger partial charge < -0.3 is 14.7 Å². The first kappa shape index (κ1) is 21.7. The Morgan fingerprint density at radius 3 is 2.57 bits per heavy atom. The Labute approximate surface area is 182 Å². The monoisotopic (exact) mass is 413 g/mol. The summed E-state index contributed by atoms with van der Waals surface area (Å²) in [7, 11) is 1.86. The number of fused-ring (bicyclic) bond motifs is 2. The summed E-state index contributed by atoms with van der Waals surface area (Å²) >= 11 is 0. The van der Waals surface area contributed by atoms with Gasteiger partial charge in [-0.05, 0) is 68.1 Å². The summed E-state index contributed by atoms with van der Waals surface area (Å²) in [5, 5.41) is 10.9. The quantitative estimate of drug-likeness (QED) is 0.727. The molecule has 1 amide bonds. The Morgan fingerprint density at radius 1 is 1.20 bits per heavy atom. The second-order valence-electron chi connectivity index (χ2n) is 11.1. The molecule has 2 fully saturated rings. The molecule has 2 aliphatic carbocycles. The van der Waals surface area contributed by atoms with Gasteiger partial charge in [0, 0.05) is 29.5 Å². The number of amides is 1. The van der Waals surface area contributed by atoms with E-state index in [0.29, 0.717) is 12.5 Å². The lowest BCUT2D eigenvalue weighted by Gasteiger charge is -2.65. The molecule has 0 spiro atoms. The zero-order chi connectivity index (χ0) is 22.1. The molecular formula is C26H39NO3. The molecule has 0 aromatic heterocycles. The van der Waals surface area contributed by atoms with Crippen LogP contribution in [0.25, 0.3) is 0 Å². The van der Waals surface area contributed by atoms with Crippen LogP contribution in [0.2, 0.25) is 0 Å². The minimum absolute atomic E-state index is 0.0124. The van der Waals surface area contributed by atoms with Gasteiger partial charge in [-0.3, -0.25) is 4.79 Å². The Hall–Kier alpha value is -1.55. The van der Waals surface area contributed by atoms with Crippen LogP contribution >= 0.6 is 0 Å². The van der Waals surface area contributed by atoms with Crippen LogP contribution < -0.4 is 4.74 Å². The predicted octanol–water partition coefficient (Wildman–Crippen LogP) is 5.34. The number of nitrogens with zero attached hydrogens (tertiary/aromatic N) is 1. The van der Waals surface area contributed by atoms with E-state index in [2.05, 4.69) is 40.7 Å². The van der Waals surface area contributed by atoms with Gasteiger partial charge in [0.05, 0.1) is 12.6 Å². The number of aliphatic hydroxyl groups is 1. The minimum atomic E-state index is -0.339. The molecule has 1 heterocycles. The second-order valence-corrected chi connectivity index (χ2v) is 11.1. The molecule has 30 heavy (non-hydrogen) atoms. The van der Waals surface area contributed by atoms with Gasteiger partial charge in [0.2, 0.25) is 0 Å². The normalized spacial score (nSPS) is 37.7. The average Bonchev–Trinajstić information content (AvgIpc) is 2.97. The molecule has 4 heteroatoms. The van der Waals surface area contributed by atoms with E-state index < -0.39 is 0 Å². The molecule has 0 saturated heterocycles. The first-order chi connectivity index (χ1) is 14.0. The lowest BCUT2D eigenvalue weighted by atomic mass is 9.44. The average molecular weight is 414 g/mol. The van der Waals surface area contributed by atoms with Crippen LogP contribution in [0, 0.1) is 29.6 Å². The summed E-state index contributed by atoms with van der Waals surface area (Å²) in [6, 6.07) is 4.13. The summed E-state index contributed by atoms with van der Waals surface area (Å²) in [4.78, 5) is 14.5. The van der Waals surface area contributed by atoms with Crippen molar-refractivity contribution in [3.05, 3.63) is 28.8 Å². The van der Waals surface area contributed by atoms with E-state index in [1.165, 1.54) is 6.42 Å². The van der Waals surface area contributed by atoms with E-state index in [-0.39, 0.29) is 34.4 Å². The van der Waals surface area contributed by atoms with Crippen LogP contribution in [0.3, 0.4) is 0 Å². The zero-order valence-corrected chi connectivity index (χ0v) is 19.8. The van der Waals surface area contributed by atoms with Crippen molar-refractivity contribution in [3.63, 3.8) is 0 Å². The Kier molecular flexibility index (Phi) is 5.04. The smallest absolute Gasteiger partial charge is 0.254 e. The highest BCUT2D eigenvalue weighted by molar-refractivity contribution is 5.99. The molecule has 0 bridgehead atoms. The largest absolute Gasteiger partial charge is 0.486 e. The molecule has 2 saturated carbocycles. The van der Waals surface area contributed by atoms with Crippen molar-refractivity contribution in [2.24, 2.45) is 22.7 Å². The highest BCUT2D eigenvalue weighted by Gasteiger charge is 2.65. The fourth-order valence-corrected chi connectivity index (χ4v) is 7.00. The standard InChI is InChI=1S/C26H39NO3/c1-8-25(6)17(3)9-10-21-24(4,5)22(28)11-12-26(21,25)30-20-14-16(2)13-18-19(20)15-27(7)23(18)29/h13-14,17,21-22,28H,8-12,15H2,1-7H3. The maximum Gasteiger partial charge on any atom is 0.254 e. The lowest BCUT2D eigenvalue weighted by Crippen LogP contribution is -2.68. The van der Waals surface area contributed by atoms with Crippen molar-refractivity contribution < 1.29 is 14.6 Å². The highest BCUT2D eigenvalue weighted by atomic mass is 16.5. The molecule has 1 N–H and O–H groups in total. The minimum Gasteiger partial charge on any atom is -0.486 e. The van der Waals surface area contributed by atoms with E-state index in [1.807, 2.05) is 20.0 Å². The number of aryl methyl sites for hydroxylation is 1. The number of hydrogen-bond acceptors (Lipinski definition) is 3. The van der Waals surface area contributed by atoms with Crippen LogP contribution in [0.1, 0.15) is 88.2 Å². The number of carbonyl (C=O) groups excluding carboxylic acids is 1. The van der Waals surface area contributed by atoms with Crippen LogP contribution in [-0.2, 0) is 6.54 Å². The van der Waals surface area contributed by atoms with Crippen molar-refractivity contribution in [3.8, 4) is 5.75 Å². The van der Waals surface area contributed by atoms with Gasteiger partial charge in [0.15, 0.2) is 0 Å². The molecule has 5 unspecified atom stereocenters. The fraction of sp³-hybridized carbons (Fsp3) is 0.731. The predicted molar refractivity (Wildman–Crippen MR) is 120 cm³/mol. The van der Waals surface area contributed by atoms with Gasteiger partial charge in [-0.2, -0.15) is 0 Å². The number of ether oxygens (including phenoxy) is 1. The van der Waals surface area contributed by atoms with E-state index in [1.54, 1.807) is 4.90 Å². The van der Waals surface area contributed by atoms with Gasteiger partial charge >= 0.3 is 0 Å². The highest BCUT2D eigenvalue weighted by Crippen LogP contribution is 2.64. The fourth-order valence-electron chi connectivity index (χ4n) is 7.00. The first-order valence-electron chi connectivity index (χ1n) is 11.7. The van der Waals surface area contributed by atoms with E-state index in [4.69, 9.17) is 4.74 Å². The first-order valence-corrected chi connectivity index (χ1v) is 11.7.